The fourth-order valence-electron chi connectivity index (χ4n) is 3.21. The van der Waals surface area contributed by atoms with E-state index in [0.29, 0.717) is 12.5 Å². The van der Waals surface area contributed by atoms with Crippen molar-refractivity contribution in [2.75, 3.05) is 6.61 Å². The van der Waals surface area contributed by atoms with Crippen LogP contribution in [0, 0.1) is 0 Å². The van der Waals surface area contributed by atoms with Crippen LogP contribution in [0.15, 0.2) is 24.3 Å². The zero-order chi connectivity index (χ0) is 14.8. The molecular weight excluding hydrogens is 250 g/mol. The highest BCUT2D eigenvalue weighted by Crippen LogP contribution is 2.42. The third-order valence-corrected chi connectivity index (χ3v) is 4.06. The number of ether oxygens (including phenoxy) is 1. The molecule has 3 heteroatoms. The number of benzene rings is 1. The Morgan fingerprint density at radius 3 is 2.80 bits per heavy atom. The van der Waals surface area contributed by atoms with Crippen molar-refractivity contribution in [3.8, 4) is 0 Å². The molecular formula is C17H25NO2. The van der Waals surface area contributed by atoms with Gasteiger partial charge in [0.2, 0.25) is 0 Å². The highest BCUT2D eigenvalue weighted by molar-refractivity contribution is 5.84. The summed E-state index contributed by atoms with van der Waals surface area (Å²) in [6.07, 6.45) is 1.79. The largest absolute Gasteiger partial charge is 0.464 e. The van der Waals surface area contributed by atoms with Gasteiger partial charge in [0.05, 0.1) is 6.61 Å². The molecule has 0 spiro atoms. The van der Waals surface area contributed by atoms with Crippen LogP contribution in [0.1, 0.15) is 57.6 Å². The van der Waals surface area contributed by atoms with Crippen molar-refractivity contribution in [1.82, 2.24) is 5.32 Å². The lowest BCUT2D eigenvalue weighted by molar-refractivity contribution is -0.153. The number of esters is 1. The van der Waals surface area contributed by atoms with Crippen molar-refractivity contribution in [3.05, 3.63) is 35.4 Å². The number of nitrogens with one attached hydrogen (secondary N) is 1. The maximum absolute atomic E-state index is 12.6. The Labute approximate surface area is 121 Å². The van der Waals surface area contributed by atoms with Crippen molar-refractivity contribution in [2.24, 2.45) is 0 Å². The standard InChI is InChI=1S/C17H25NO2/c1-5-20-16(19)17(18-12(2)3)11-10-13(4)14-8-6-7-9-15(14)17/h6-9,12-13,18H,5,10-11H2,1-4H3. The molecule has 0 aliphatic heterocycles. The first-order valence-electron chi connectivity index (χ1n) is 7.55. The van der Waals surface area contributed by atoms with Crippen molar-refractivity contribution in [1.29, 1.82) is 0 Å². The second-order valence-corrected chi connectivity index (χ2v) is 5.95. The van der Waals surface area contributed by atoms with Crippen LogP contribution >= 0.6 is 0 Å². The quantitative estimate of drug-likeness (QED) is 0.856. The fraction of sp³-hybridized carbons (Fsp3) is 0.588. The van der Waals surface area contributed by atoms with Gasteiger partial charge in [0.1, 0.15) is 5.54 Å². The zero-order valence-corrected chi connectivity index (χ0v) is 12.9. The molecule has 1 aromatic rings. The van der Waals surface area contributed by atoms with E-state index < -0.39 is 5.54 Å². The Balaban J connectivity index is 2.52. The molecule has 1 aromatic carbocycles. The first kappa shape index (κ1) is 15.0. The summed E-state index contributed by atoms with van der Waals surface area (Å²) < 4.78 is 5.38. The molecule has 0 amide bonds. The molecule has 0 bridgehead atoms. The number of fused-ring (bicyclic) bond motifs is 1. The summed E-state index contributed by atoms with van der Waals surface area (Å²) in [6.45, 7) is 8.64. The monoisotopic (exact) mass is 275 g/mol. The predicted octanol–water partition coefficient (Wildman–Crippen LogP) is 3.34. The maximum Gasteiger partial charge on any atom is 0.331 e. The van der Waals surface area contributed by atoms with Gasteiger partial charge in [-0.1, -0.05) is 31.2 Å². The Morgan fingerprint density at radius 2 is 2.15 bits per heavy atom. The van der Waals surface area contributed by atoms with Gasteiger partial charge in [0, 0.05) is 6.04 Å². The molecule has 0 saturated heterocycles. The summed E-state index contributed by atoms with van der Waals surface area (Å²) in [6, 6.07) is 8.48. The lowest BCUT2D eigenvalue weighted by atomic mass is 9.72. The van der Waals surface area contributed by atoms with Gasteiger partial charge in [0.15, 0.2) is 0 Å². The zero-order valence-electron chi connectivity index (χ0n) is 12.9. The van der Waals surface area contributed by atoms with Gasteiger partial charge in [-0.25, -0.2) is 4.79 Å². The topological polar surface area (TPSA) is 38.3 Å². The van der Waals surface area contributed by atoms with Crippen LogP contribution in [-0.4, -0.2) is 18.6 Å². The van der Waals surface area contributed by atoms with E-state index in [1.54, 1.807) is 0 Å². The molecule has 0 heterocycles. The number of hydrogen-bond acceptors (Lipinski definition) is 3. The first-order valence-corrected chi connectivity index (χ1v) is 7.55. The second kappa shape index (κ2) is 5.96. The van der Waals surface area contributed by atoms with Crippen molar-refractivity contribution in [3.63, 3.8) is 0 Å². The minimum Gasteiger partial charge on any atom is -0.464 e. The van der Waals surface area contributed by atoms with Crippen LogP contribution < -0.4 is 5.32 Å². The molecule has 0 aromatic heterocycles. The average molecular weight is 275 g/mol. The van der Waals surface area contributed by atoms with Gasteiger partial charge in [0.25, 0.3) is 0 Å². The Bertz CT molecular complexity index is 484. The van der Waals surface area contributed by atoms with Gasteiger partial charge in [-0.2, -0.15) is 0 Å². The van der Waals surface area contributed by atoms with Crippen LogP contribution in [0.4, 0.5) is 0 Å². The second-order valence-electron chi connectivity index (χ2n) is 5.95. The van der Waals surface area contributed by atoms with Gasteiger partial charge in [-0.15, -0.1) is 0 Å². The van der Waals surface area contributed by atoms with E-state index in [0.717, 1.165) is 18.4 Å². The Kier molecular flexibility index (Phi) is 4.48. The van der Waals surface area contributed by atoms with E-state index in [1.165, 1.54) is 5.56 Å². The van der Waals surface area contributed by atoms with Gasteiger partial charge in [-0.3, -0.25) is 5.32 Å². The summed E-state index contributed by atoms with van der Waals surface area (Å²) in [4.78, 5) is 12.6. The predicted molar refractivity (Wildman–Crippen MR) is 80.7 cm³/mol. The van der Waals surface area contributed by atoms with E-state index in [4.69, 9.17) is 4.74 Å². The lowest BCUT2D eigenvalue weighted by Gasteiger charge is -2.41. The molecule has 2 rings (SSSR count). The van der Waals surface area contributed by atoms with Crippen molar-refractivity contribution >= 4 is 5.97 Å². The molecule has 20 heavy (non-hydrogen) atoms. The third-order valence-electron chi connectivity index (χ3n) is 4.06. The number of hydrogen-bond donors (Lipinski definition) is 1. The highest BCUT2D eigenvalue weighted by atomic mass is 16.5. The number of carbonyl (C=O) groups excluding carboxylic acids is 1. The maximum atomic E-state index is 12.6. The minimum absolute atomic E-state index is 0.145. The summed E-state index contributed by atoms with van der Waals surface area (Å²) in [5.41, 5.74) is 1.67. The van der Waals surface area contributed by atoms with E-state index in [9.17, 15) is 4.79 Å². The minimum atomic E-state index is -0.687. The molecule has 2 unspecified atom stereocenters. The molecule has 0 fully saturated rings. The van der Waals surface area contributed by atoms with Crippen LogP contribution in [0.5, 0.6) is 0 Å². The normalized spacial score (nSPS) is 25.4. The van der Waals surface area contributed by atoms with Gasteiger partial charge < -0.3 is 4.74 Å². The van der Waals surface area contributed by atoms with E-state index in [1.807, 2.05) is 19.1 Å². The molecule has 1 N–H and O–H groups in total. The Morgan fingerprint density at radius 1 is 1.45 bits per heavy atom. The molecule has 0 radical (unpaired) electrons. The average Bonchev–Trinajstić information content (AvgIpc) is 2.42. The van der Waals surface area contributed by atoms with E-state index in [2.05, 4.69) is 38.2 Å². The smallest absolute Gasteiger partial charge is 0.331 e. The lowest BCUT2D eigenvalue weighted by Crippen LogP contribution is -2.54. The van der Waals surface area contributed by atoms with E-state index in [-0.39, 0.29) is 12.0 Å². The van der Waals surface area contributed by atoms with Crippen LogP contribution in [0.25, 0.3) is 0 Å². The van der Waals surface area contributed by atoms with Gasteiger partial charge in [-0.05, 0) is 50.7 Å². The molecule has 110 valence electrons. The van der Waals surface area contributed by atoms with Crippen LogP contribution in [-0.2, 0) is 15.1 Å². The van der Waals surface area contributed by atoms with Gasteiger partial charge >= 0.3 is 5.97 Å². The number of carbonyl (C=O) groups is 1. The molecule has 0 saturated carbocycles. The highest BCUT2D eigenvalue weighted by Gasteiger charge is 2.46. The summed E-state index contributed by atoms with van der Waals surface area (Å²) >= 11 is 0. The first-order chi connectivity index (χ1) is 9.51. The summed E-state index contributed by atoms with van der Waals surface area (Å²) in [7, 11) is 0. The Hall–Kier alpha value is -1.35. The van der Waals surface area contributed by atoms with E-state index >= 15 is 0 Å². The third kappa shape index (κ3) is 2.59. The molecule has 3 nitrogen and oxygen atoms in total. The van der Waals surface area contributed by atoms with Crippen LogP contribution in [0.2, 0.25) is 0 Å². The summed E-state index contributed by atoms with van der Waals surface area (Å²) in [5.74, 6) is 0.343. The molecule has 1 aliphatic rings. The molecule has 1 aliphatic carbocycles. The molecule has 2 atom stereocenters. The number of rotatable bonds is 4. The fourth-order valence-corrected chi connectivity index (χ4v) is 3.21. The summed E-state index contributed by atoms with van der Waals surface area (Å²) in [5, 5.41) is 3.48. The van der Waals surface area contributed by atoms with Crippen molar-refractivity contribution in [2.45, 2.75) is 58.0 Å². The van der Waals surface area contributed by atoms with Crippen LogP contribution in [0.3, 0.4) is 0 Å². The SMILES string of the molecule is CCOC(=O)C1(NC(C)C)CCC(C)c2ccccc21. The van der Waals surface area contributed by atoms with Crippen molar-refractivity contribution < 1.29 is 9.53 Å².